The van der Waals surface area contributed by atoms with Crippen LogP contribution < -0.4 is 11.2 Å². The van der Waals surface area contributed by atoms with Crippen molar-refractivity contribution in [2.75, 3.05) is 7.11 Å². The van der Waals surface area contributed by atoms with Gasteiger partial charge in [-0.15, -0.1) is 0 Å². The maximum absolute atomic E-state index is 12.2. The van der Waals surface area contributed by atoms with Crippen LogP contribution in [0.5, 0.6) is 0 Å². The van der Waals surface area contributed by atoms with Crippen molar-refractivity contribution in [2.45, 2.75) is 20.4 Å². The fourth-order valence-corrected chi connectivity index (χ4v) is 2.05. The number of ether oxygens (including phenoxy) is 1. The second-order valence-electron chi connectivity index (χ2n) is 5.21. The van der Waals surface area contributed by atoms with Gasteiger partial charge in [0, 0.05) is 13.6 Å². The monoisotopic (exact) mass is 280 g/mol. The lowest BCUT2D eigenvalue weighted by atomic mass is 9.93. The van der Waals surface area contributed by atoms with E-state index in [-0.39, 0.29) is 17.7 Å². The molecular formula is C12H16N4O4. The van der Waals surface area contributed by atoms with Crippen molar-refractivity contribution in [1.29, 1.82) is 0 Å². The van der Waals surface area contributed by atoms with Crippen molar-refractivity contribution < 1.29 is 9.53 Å². The molecule has 2 aromatic heterocycles. The van der Waals surface area contributed by atoms with Crippen molar-refractivity contribution in [3.05, 3.63) is 27.2 Å². The quantitative estimate of drug-likeness (QED) is 0.773. The molecule has 0 aliphatic rings. The first kappa shape index (κ1) is 14.0. The summed E-state index contributed by atoms with van der Waals surface area (Å²) in [6, 6.07) is 0. The number of nitrogens with zero attached hydrogens (tertiary/aromatic N) is 3. The highest BCUT2D eigenvalue weighted by molar-refractivity contribution is 5.76. The third-order valence-corrected chi connectivity index (χ3v) is 3.20. The summed E-state index contributed by atoms with van der Waals surface area (Å²) in [5.41, 5.74) is -1.42. The fourth-order valence-electron chi connectivity index (χ4n) is 2.05. The van der Waals surface area contributed by atoms with Crippen LogP contribution in [0.15, 0.2) is 15.9 Å². The molecule has 8 nitrogen and oxygen atoms in total. The van der Waals surface area contributed by atoms with E-state index >= 15 is 0 Å². The summed E-state index contributed by atoms with van der Waals surface area (Å²) in [6.45, 7) is 3.39. The highest BCUT2D eigenvalue weighted by atomic mass is 16.5. The van der Waals surface area contributed by atoms with Gasteiger partial charge in [-0.25, -0.2) is 9.78 Å². The van der Waals surface area contributed by atoms with E-state index in [2.05, 4.69) is 9.97 Å². The van der Waals surface area contributed by atoms with E-state index in [1.807, 2.05) is 0 Å². The van der Waals surface area contributed by atoms with Crippen LogP contribution in [0.25, 0.3) is 11.2 Å². The van der Waals surface area contributed by atoms with E-state index in [1.165, 1.54) is 25.1 Å². The molecule has 0 spiro atoms. The van der Waals surface area contributed by atoms with Crippen molar-refractivity contribution in [3.63, 3.8) is 0 Å². The van der Waals surface area contributed by atoms with E-state index in [1.54, 1.807) is 13.8 Å². The molecule has 0 aliphatic heterocycles. The van der Waals surface area contributed by atoms with Crippen LogP contribution in [0.3, 0.4) is 0 Å². The summed E-state index contributed by atoms with van der Waals surface area (Å²) in [6.07, 6.45) is 1.34. The summed E-state index contributed by atoms with van der Waals surface area (Å²) >= 11 is 0. The second-order valence-corrected chi connectivity index (χ2v) is 5.21. The average Bonchev–Trinajstić information content (AvgIpc) is 2.89. The van der Waals surface area contributed by atoms with Crippen molar-refractivity contribution >= 4 is 17.1 Å². The van der Waals surface area contributed by atoms with Crippen molar-refractivity contribution in [2.24, 2.45) is 12.5 Å². The molecule has 2 aromatic rings. The molecule has 2 rings (SSSR count). The molecule has 0 radical (unpaired) electrons. The number of carbonyl (C=O) groups is 1. The average molecular weight is 280 g/mol. The summed E-state index contributed by atoms with van der Waals surface area (Å²) in [7, 11) is 2.67. The smallest absolute Gasteiger partial charge is 0.332 e. The maximum atomic E-state index is 12.2. The Labute approximate surface area is 114 Å². The molecule has 0 aromatic carbocycles. The van der Waals surface area contributed by atoms with Crippen LogP contribution in [-0.2, 0) is 23.1 Å². The number of imidazole rings is 1. The number of rotatable bonds is 3. The molecule has 0 bridgehead atoms. The standard InChI is InChI=1S/C12H16N4O4/c1-12(2,10(18)20-4)5-16-8-7(13-6-14-8)9(17)15(3)11(16)19/h6H,5H2,1-4H3,(H,13,14). The Balaban J connectivity index is 2.67. The topological polar surface area (TPSA) is 99.0 Å². The maximum Gasteiger partial charge on any atom is 0.332 e. The lowest BCUT2D eigenvalue weighted by Crippen LogP contribution is -2.42. The zero-order chi connectivity index (χ0) is 15.1. The van der Waals surface area contributed by atoms with E-state index in [9.17, 15) is 14.4 Å². The van der Waals surface area contributed by atoms with Crippen LogP contribution >= 0.6 is 0 Å². The Morgan fingerprint density at radius 2 is 2.10 bits per heavy atom. The lowest BCUT2D eigenvalue weighted by Gasteiger charge is -2.22. The van der Waals surface area contributed by atoms with Gasteiger partial charge in [0.1, 0.15) is 5.52 Å². The molecule has 0 atom stereocenters. The van der Waals surface area contributed by atoms with E-state index in [4.69, 9.17) is 4.74 Å². The van der Waals surface area contributed by atoms with Gasteiger partial charge in [0.05, 0.1) is 18.9 Å². The van der Waals surface area contributed by atoms with Gasteiger partial charge in [-0.2, -0.15) is 0 Å². The van der Waals surface area contributed by atoms with Crippen LogP contribution in [0.1, 0.15) is 13.8 Å². The predicted octanol–water partition coefficient (Wildman–Crippen LogP) is -0.377. The largest absolute Gasteiger partial charge is 0.469 e. The number of aromatic nitrogens is 4. The van der Waals surface area contributed by atoms with Gasteiger partial charge >= 0.3 is 11.7 Å². The Morgan fingerprint density at radius 1 is 1.45 bits per heavy atom. The highest BCUT2D eigenvalue weighted by Crippen LogP contribution is 2.20. The third kappa shape index (κ3) is 2.02. The Hall–Kier alpha value is -2.38. The molecular weight excluding hydrogens is 264 g/mol. The SMILES string of the molecule is COC(=O)C(C)(C)Cn1c(=O)n(C)c(=O)c2[nH]cnc21. The number of carbonyl (C=O) groups excluding carboxylic acids is 1. The molecule has 0 aliphatic carbocycles. The van der Waals surface area contributed by atoms with Gasteiger partial charge < -0.3 is 9.72 Å². The first-order chi connectivity index (χ1) is 9.29. The summed E-state index contributed by atoms with van der Waals surface area (Å²) < 4.78 is 7.00. The summed E-state index contributed by atoms with van der Waals surface area (Å²) in [5.74, 6) is -0.443. The zero-order valence-corrected chi connectivity index (χ0v) is 11.8. The molecule has 0 saturated carbocycles. The summed E-state index contributed by atoms with van der Waals surface area (Å²) in [5, 5.41) is 0. The van der Waals surface area contributed by atoms with Gasteiger partial charge in [0.2, 0.25) is 0 Å². The number of esters is 1. The van der Waals surface area contributed by atoms with E-state index < -0.39 is 22.6 Å². The van der Waals surface area contributed by atoms with Crippen LogP contribution in [0.4, 0.5) is 0 Å². The Kier molecular flexibility index (Phi) is 3.24. The first-order valence-corrected chi connectivity index (χ1v) is 6.01. The van der Waals surface area contributed by atoms with Crippen molar-refractivity contribution in [1.82, 2.24) is 19.1 Å². The molecule has 108 valence electrons. The molecule has 0 fully saturated rings. The molecule has 0 unspecified atom stereocenters. The van der Waals surface area contributed by atoms with Gasteiger partial charge in [-0.3, -0.25) is 18.7 Å². The normalized spacial score (nSPS) is 11.8. The molecule has 0 amide bonds. The third-order valence-electron chi connectivity index (χ3n) is 3.20. The first-order valence-electron chi connectivity index (χ1n) is 6.01. The summed E-state index contributed by atoms with van der Waals surface area (Å²) in [4.78, 5) is 42.6. The molecule has 0 saturated heterocycles. The number of fused-ring (bicyclic) bond motifs is 1. The molecule has 8 heteroatoms. The molecule has 2 heterocycles. The van der Waals surface area contributed by atoms with Gasteiger partial charge in [-0.1, -0.05) is 0 Å². The van der Waals surface area contributed by atoms with Gasteiger partial charge in [0.25, 0.3) is 5.56 Å². The predicted molar refractivity (Wildman–Crippen MR) is 71.4 cm³/mol. The van der Waals surface area contributed by atoms with Gasteiger partial charge in [0.15, 0.2) is 5.65 Å². The number of aromatic amines is 1. The number of H-pyrrole nitrogens is 1. The number of hydrogen-bond acceptors (Lipinski definition) is 5. The number of methoxy groups -OCH3 is 1. The highest BCUT2D eigenvalue weighted by Gasteiger charge is 2.31. The fraction of sp³-hybridized carbons (Fsp3) is 0.500. The number of nitrogens with one attached hydrogen (secondary N) is 1. The minimum atomic E-state index is -0.915. The van der Waals surface area contributed by atoms with E-state index in [0.29, 0.717) is 0 Å². The van der Waals surface area contributed by atoms with E-state index in [0.717, 1.165) is 4.57 Å². The lowest BCUT2D eigenvalue weighted by molar-refractivity contribution is -0.151. The Morgan fingerprint density at radius 3 is 2.70 bits per heavy atom. The molecule has 20 heavy (non-hydrogen) atoms. The number of hydrogen-bond donors (Lipinski definition) is 1. The second kappa shape index (κ2) is 4.62. The molecule has 1 N–H and O–H groups in total. The van der Waals surface area contributed by atoms with Crippen LogP contribution in [-0.4, -0.2) is 32.2 Å². The zero-order valence-electron chi connectivity index (χ0n) is 11.8. The van der Waals surface area contributed by atoms with Crippen molar-refractivity contribution in [3.8, 4) is 0 Å². The Bertz CT molecular complexity index is 781. The van der Waals surface area contributed by atoms with Crippen LogP contribution in [0, 0.1) is 5.41 Å². The van der Waals surface area contributed by atoms with Gasteiger partial charge in [-0.05, 0) is 13.8 Å². The minimum absolute atomic E-state index is 0.0635. The van der Waals surface area contributed by atoms with Crippen LogP contribution in [0.2, 0.25) is 0 Å². The minimum Gasteiger partial charge on any atom is -0.469 e.